The summed E-state index contributed by atoms with van der Waals surface area (Å²) in [6.07, 6.45) is 5.09. The number of benzene rings is 1. The van der Waals surface area contributed by atoms with Crippen molar-refractivity contribution in [3.63, 3.8) is 0 Å². The van der Waals surface area contributed by atoms with Crippen molar-refractivity contribution in [2.45, 2.75) is 32.6 Å². The van der Waals surface area contributed by atoms with Gasteiger partial charge in [0.25, 0.3) is 0 Å². The third kappa shape index (κ3) is 2.98. The fraction of sp³-hybridized carbons (Fsp3) is 0.455. The molecule has 0 aliphatic rings. The first kappa shape index (κ1) is 9.79. The second-order valence-corrected chi connectivity index (χ2v) is 3.83. The van der Waals surface area contributed by atoms with Gasteiger partial charge in [0, 0.05) is 4.47 Å². The minimum Gasteiger partial charge on any atom is -0.0654 e. The normalized spacial score (nSPS) is 10.2. The molecule has 1 heteroatoms. The Morgan fingerprint density at radius 3 is 2.92 bits per heavy atom. The van der Waals surface area contributed by atoms with Gasteiger partial charge in [-0.15, -0.1) is 0 Å². The molecule has 0 saturated heterocycles. The van der Waals surface area contributed by atoms with Crippen LogP contribution >= 0.6 is 15.9 Å². The molecular weight excluding hydrogens is 212 g/mol. The second kappa shape index (κ2) is 5.36. The van der Waals surface area contributed by atoms with Gasteiger partial charge in [0.15, 0.2) is 0 Å². The summed E-state index contributed by atoms with van der Waals surface area (Å²) in [5.74, 6) is 0. The standard InChI is InChI=1S/C11H14Br/c1-2-3-4-7-10-8-5-6-9-11(10)12/h5,8-9H,2-4,7H2,1H3. The van der Waals surface area contributed by atoms with Gasteiger partial charge in [-0.2, -0.15) is 0 Å². The second-order valence-electron chi connectivity index (χ2n) is 2.97. The van der Waals surface area contributed by atoms with E-state index in [2.05, 4.69) is 35.0 Å². The maximum Gasteiger partial charge on any atom is 0.0213 e. The van der Waals surface area contributed by atoms with Gasteiger partial charge in [-0.25, -0.2) is 0 Å². The van der Waals surface area contributed by atoms with Crippen molar-refractivity contribution in [1.82, 2.24) is 0 Å². The highest BCUT2D eigenvalue weighted by Gasteiger charge is 1.96. The van der Waals surface area contributed by atoms with Crippen molar-refractivity contribution in [2.24, 2.45) is 0 Å². The molecule has 0 N–H and O–H groups in total. The van der Waals surface area contributed by atoms with Crippen molar-refractivity contribution in [2.75, 3.05) is 0 Å². The van der Waals surface area contributed by atoms with Gasteiger partial charge in [-0.1, -0.05) is 47.8 Å². The van der Waals surface area contributed by atoms with Crippen molar-refractivity contribution in [3.8, 4) is 0 Å². The molecule has 1 aromatic rings. The number of unbranched alkanes of at least 4 members (excludes halogenated alkanes) is 2. The third-order valence-electron chi connectivity index (χ3n) is 1.95. The SMILES string of the molecule is CCCCCc1cc[c]cc1Br. The van der Waals surface area contributed by atoms with Crippen LogP contribution in [0.4, 0.5) is 0 Å². The highest BCUT2D eigenvalue weighted by atomic mass is 79.9. The number of rotatable bonds is 4. The van der Waals surface area contributed by atoms with E-state index >= 15 is 0 Å². The Kier molecular flexibility index (Phi) is 4.37. The predicted molar refractivity (Wildman–Crippen MR) is 56.2 cm³/mol. The molecule has 0 bridgehead atoms. The molecule has 0 amide bonds. The van der Waals surface area contributed by atoms with Crippen LogP contribution in [-0.4, -0.2) is 0 Å². The highest BCUT2D eigenvalue weighted by Crippen LogP contribution is 2.17. The smallest absolute Gasteiger partial charge is 0.0213 e. The van der Waals surface area contributed by atoms with Crippen LogP contribution in [0.5, 0.6) is 0 Å². The van der Waals surface area contributed by atoms with E-state index < -0.39 is 0 Å². The van der Waals surface area contributed by atoms with Crippen LogP contribution in [0.2, 0.25) is 0 Å². The number of halogens is 1. The van der Waals surface area contributed by atoms with E-state index in [-0.39, 0.29) is 0 Å². The van der Waals surface area contributed by atoms with Crippen LogP contribution in [0.15, 0.2) is 22.7 Å². The molecule has 12 heavy (non-hydrogen) atoms. The highest BCUT2D eigenvalue weighted by molar-refractivity contribution is 9.10. The Balaban J connectivity index is 2.46. The monoisotopic (exact) mass is 225 g/mol. The van der Waals surface area contributed by atoms with Gasteiger partial charge in [0.1, 0.15) is 0 Å². The molecule has 1 rings (SSSR count). The van der Waals surface area contributed by atoms with Crippen molar-refractivity contribution < 1.29 is 0 Å². The molecule has 0 saturated carbocycles. The lowest BCUT2D eigenvalue weighted by atomic mass is 10.1. The number of hydrogen-bond acceptors (Lipinski definition) is 0. The average Bonchev–Trinajstić information content (AvgIpc) is 2.09. The minimum atomic E-state index is 1.18. The fourth-order valence-corrected chi connectivity index (χ4v) is 1.67. The zero-order chi connectivity index (χ0) is 8.81. The lowest BCUT2D eigenvalue weighted by Crippen LogP contribution is -1.86. The minimum absolute atomic E-state index is 1.18. The maximum atomic E-state index is 3.52. The molecule has 0 aliphatic carbocycles. The molecule has 0 aliphatic heterocycles. The van der Waals surface area contributed by atoms with Crippen molar-refractivity contribution >= 4 is 15.9 Å². The van der Waals surface area contributed by atoms with E-state index in [0.717, 1.165) is 0 Å². The van der Waals surface area contributed by atoms with E-state index in [9.17, 15) is 0 Å². The van der Waals surface area contributed by atoms with Crippen LogP contribution in [0.1, 0.15) is 31.7 Å². The van der Waals surface area contributed by atoms with Crippen molar-refractivity contribution in [3.05, 3.63) is 34.3 Å². The van der Waals surface area contributed by atoms with Crippen LogP contribution in [-0.2, 0) is 6.42 Å². The lowest BCUT2D eigenvalue weighted by Gasteiger charge is -2.02. The van der Waals surface area contributed by atoms with E-state index in [1.54, 1.807) is 0 Å². The predicted octanol–water partition coefficient (Wildman–Crippen LogP) is 3.98. The zero-order valence-electron chi connectivity index (χ0n) is 7.44. The third-order valence-corrected chi connectivity index (χ3v) is 2.69. The van der Waals surface area contributed by atoms with Gasteiger partial charge >= 0.3 is 0 Å². The molecule has 0 fully saturated rings. The molecule has 0 unspecified atom stereocenters. The quantitative estimate of drug-likeness (QED) is 0.681. The summed E-state index contributed by atoms with van der Waals surface area (Å²) in [7, 11) is 0. The van der Waals surface area contributed by atoms with Gasteiger partial charge in [-0.05, 0) is 30.5 Å². The average molecular weight is 226 g/mol. The largest absolute Gasteiger partial charge is 0.0654 e. The first-order chi connectivity index (χ1) is 5.84. The Morgan fingerprint density at radius 1 is 1.42 bits per heavy atom. The van der Waals surface area contributed by atoms with Crippen LogP contribution in [0, 0.1) is 6.07 Å². The molecule has 0 nitrogen and oxygen atoms in total. The van der Waals surface area contributed by atoms with Gasteiger partial charge in [0.05, 0.1) is 0 Å². The summed E-state index contributed by atoms with van der Waals surface area (Å²) in [5, 5.41) is 0. The Bertz CT molecular complexity index is 230. The number of hydrogen-bond donors (Lipinski definition) is 0. The molecule has 1 radical (unpaired) electrons. The van der Waals surface area contributed by atoms with Crippen LogP contribution in [0.25, 0.3) is 0 Å². The summed E-state index contributed by atoms with van der Waals surface area (Å²) in [6, 6.07) is 9.15. The zero-order valence-corrected chi connectivity index (χ0v) is 9.02. The maximum absolute atomic E-state index is 3.52. The van der Waals surface area contributed by atoms with E-state index in [1.807, 2.05) is 12.1 Å². The summed E-state index contributed by atoms with van der Waals surface area (Å²) < 4.78 is 1.20. The van der Waals surface area contributed by atoms with Gasteiger partial charge in [-0.3, -0.25) is 0 Å². The topological polar surface area (TPSA) is 0 Å². The number of aryl methyl sites for hydroxylation is 1. The molecule has 0 atom stereocenters. The van der Waals surface area contributed by atoms with Crippen molar-refractivity contribution in [1.29, 1.82) is 0 Å². The summed E-state index contributed by atoms with van der Waals surface area (Å²) >= 11 is 3.52. The summed E-state index contributed by atoms with van der Waals surface area (Å²) in [5.41, 5.74) is 1.40. The molecule has 0 aromatic heterocycles. The fourth-order valence-electron chi connectivity index (χ4n) is 1.21. The van der Waals surface area contributed by atoms with Gasteiger partial charge < -0.3 is 0 Å². The van der Waals surface area contributed by atoms with Gasteiger partial charge in [0.2, 0.25) is 0 Å². The van der Waals surface area contributed by atoms with E-state index in [0.29, 0.717) is 0 Å². The summed E-state index contributed by atoms with van der Waals surface area (Å²) in [6.45, 7) is 2.23. The molecular formula is C11H14Br. The lowest BCUT2D eigenvalue weighted by molar-refractivity contribution is 0.716. The Labute approximate surface area is 83.1 Å². The Morgan fingerprint density at radius 2 is 2.25 bits per heavy atom. The van der Waals surface area contributed by atoms with E-state index in [4.69, 9.17) is 0 Å². The molecule has 1 aromatic carbocycles. The molecule has 0 heterocycles. The van der Waals surface area contributed by atoms with E-state index in [1.165, 1.54) is 35.7 Å². The first-order valence-electron chi connectivity index (χ1n) is 4.49. The molecule has 65 valence electrons. The summed E-state index contributed by atoms with van der Waals surface area (Å²) in [4.78, 5) is 0. The Hall–Kier alpha value is -0.300. The molecule has 0 spiro atoms. The first-order valence-corrected chi connectivity index (χ1v) is 5.28. The van der Waals surface area contributed by atoms with Crippen LogP contribution < -0.4 is 0 Å². The van der Waals surface area contributed by atoms with Crippen LogP contribution in [0.3, 0.4) is 0 Å².